The summed E-state index contributed by atoms with van der Waals surface area (Å²) in [6.07, 6.45) is 1.99. The summed E-state index contributed by atoms with van der Waals surface area (Å²) in [5, 5.41) is 3.09. The lowest BCUT2D eigenvalue weighted by atomic mass is 9.90. The molecule has 0 bridgehead atoms. The van der Waals surface area contributed by atoms with Crippen LogP contribution in [0.5, 0.6) is 0 Å². The summed E-state index contributed by atoms with van der Waals surface area (Å²) in [4.78, 5) is 14.5. The summed E-state index contributed by atoms with van der Waals surface area (Å²) in [5.41, 5.74) is 1.03. The van der Waals surface area contributed by atoms with Crippen molar-refractivity contribution in [3.8, 4) is 0 Å². The Morgan fingerprint density at radius 1 is 1.38 bits per heavy atom. The summed E-state index contributed by atoms with van der Waals surface area (Å²) >= 11 is 0. The number of rotatable bonds is 3. The summed E-state index contributed by atoms with van der Waals surface area (Å²) in [6, 6.07) is 1.87. The van der Waals surface area contributed by atoms with Crippen LogP contribution in [0.15, 0.2) is 10.5 Å². The third-order valence-corrected chi connectivity index (χ3v) is 5.20. The molecule has 2 fully saturated rings. The molecule has 0 aliphatic carbocycles. The zero-order valence-electron chi connectivity index (χ0n) is 15.1. The van der Waals surface area contributed by atoms with Crippen LogP contribution in [0.1, 0.15) is 49.8 Å². The Morgan fingerprint density at radius 2 is 2.08 bits per heavy atom. The minimum Gasteiger partial charge on any atom is -0.466 e. The van der Waals surface area contributed by atoms with Gasteiger partial charge in [-0.15, -0.1) is 0 Å². The van der Waals surface area contributed by atoms with Crippen molar-refractivity contribution in [1.29, 1.82) is 0 Å². The Labute approximate surface area is 143 Å². The molecule has 2 aliphatic rings. The van der Waals surface area contributed by atoms with Crippen molar-refractivity contribution in [3.63, 3.8) is 0 Å². The van der Waals surface area contributed by atoms with E-state index in [1.54, 1.807) is 0 Å². The van der Waals surface area contributed by atoms with Gasteiger partial charge in [-0.05, 0) is 46.6 Å². The molecule has 2 aliphatic heterocycles. The number of likely N-dealkylation sites (tertiary alicyclic amines) is 1. The minimum atomic E-state index is -0.553. The largest absolute Gasteiger partial charge is 0.466 e. The molecule has 0 unspecified atom stereocenters. The van der Waals surface area contributed by atoms with Crippen LogP contribution in [0.25, 0.3) is 0 Å². The molecule has 134 valence electrons. The first-order valence-corrected chi connectivity index (χ1v) is 8.79. The Hall–Kier alpha value is -1.53. The fraction of sp³-hybridized carbons (Fsp3) is 0.722. The molecule has 6 heteroatoms. The number of ether oxygens (including phenoxy) is 2. The number of carbonyl (C=O) groups is 1. The molecule has 1 aromatic rings. The van der Waals surface area contributed by atoms with Crippen LogP contribution in [0.2, 0.25) is 0 Å². The molecule has 0 aromatic carbocycles. The lowest BCUT2D eigenvalue weighted by Gasteiger charge is -2.40. The van der Waals surface area contributed by atoms with Crippen LogP contribution in [0.3, 0.4) is 0 Å². The molecule has 0 spiro atoms. The number of aryl methyl sites for hydroxylation is 2. The topological polar surface area (TPSA) is 63.9 Å². The smallest absolute Gasteiger partial charge is 0.317 e. The molecular formula is C18H28N2O4. The molecule has 3 heterocycles. The van der Waals surface area contributed by atoms with Crippen molar-refractivity contribution in [3.05, 3.63) is 23.2 Å². The number of urea groups is 1. The number of hydrogen-bond acceptors (Lipinski definition) is 4. The van der Waals surface area contributed by atoms with Crippen molar-refractivity contribution in [2.75, 3.05) is 26.3 Å². The van der Waals surface area contributed by atoms with E-state index in [0.717, 1.165) is 36.5 Å². The Morgan fingerprint density at radius 3 is 2.71 bits per heavy atom. The monoisotopic (exact) mass is 336 g/mol. The Bertz CT molecular complexity index is 592. The number of hydrogen-bond donors (Lipinski definition) is 1. The second-order valence-electron chi connectivity index (χ2n) is 7.04. The molecule has 1 N–H and O–H groups in total. The summed E-state index contributed by atoms with van der Waals surface area (Å²) < 4.78 is 17.1. The van der Waals surface area contributed by atoms with Gasteiger partial charge in [-0.1, -0.05) is 0 Å². The third kappa shape index (κ3) is 3.44. The van der Waals surface area contributed by atoms with E-state index in [2.05, 4.69) is 5.32 Å². The van der Waals surface area contributed by atoms with Gasteiger partial charge in [-0.3, -0.25) is 0 Å². The van der Waals surface area contributed by atoms with E-state index in [1.165, 1.54) is 0 Å². The van der Waals surface area contributed by atoms with E-state index in [0.29, 0.717) is 19.8 Å². The van der Waals surface area contributed by atoms with E-state index >= 15 is 0 Å². The first-order valence-electron chi connectivity index (χ1n) is 8.79. The van der Waals surface area contributed by atoms with Gasteiger partial charge in [0.05, 0.1) is 19.3 Å². The van der Waals surface area contributed by atoms with Gasteiger partial charge in [0.1, 0.15) is 11.5 Å². The van der Waals surface area contributed by atoms with Gasteiger partial charge >= 0.3 is 6.03 Å². The molecule has 0 radical (unpaired) electrons. The molecule has 2 atom stereocenters. The van der Waals surface area contributed by atoms with Gasteiger partial charge in [0.15, 0.2) is 5.79 Å². The third-order valence-electron chi connectivity index (χ3n) is 5.20. The van der Waals surface area contributed by atoms with Crippen molar-refractivity contribution < 1.29 is 18.7 Å². The van der Waals surface area contributed by atoms with Gasteiger partial charge in [0, 0.05) is 24.6 Å². The average molecular weight is 336 g/mol. The Balaban J connectivity index is 1.61. The van der Waals surface area contributed by atoms with Gasteiger partial charge in [-0.2, -0.15) is 0 Å². The van der Waals surface area contributed by atoms with Crippen LogP contribution in [-0.2, 0) is 9.47 Å². The van der Waals surface area contributed by atoms with Crippen LogP contribution < -0.4 is 5.32 Å². The normalized spacial score (nSPS) is 24.8. The van der Waals surface area contributed by atoms with Gasteiger partial charge in [0.25, 0.3) is 0 Å². The van der Waals surface area contributed by atoms with Gasteiger partial charge in [0.2, 0.25) is 0 Å². The van der Waals surface area contributed by atoms with E-state index < -0.39 is 5.79 Å². The first-order chi connectivity index (χ1) is 11.4. The lowest BCUT2D eigenvalue weighted by molar-refractivity contribution is -0.189. The van der Waals surface area contributed by atoms with E-state index in [1.807, 2.05) is 38.7 Å². The maximum atomic E-state index is 12.7. The maximum Gasteiger partial charge on any atom is 0.317 e. The highest BCUT2D eigenvalue weighted by Crippen LogP contribution is 2.34. The molecule has 3 rings (SSSR count). The van der Waals surface area contributed by atoms with Crippen LogP contribution in [-0.4, -0.2) is 43.0 Å². The zero-order valence-corrected chi connectivity index (χ0v) is 15.1. The molecule has 2 amide bonds. The predicted octanol–water partition coefficient (Wildman–Crippen LogP) is 3.14. The number of nitrogens with one attached hydrogen (secondary N) is 1. The second-order valence-corrected chi connectivity index (χ2v) is 7.04. The lowest BCUT2D eigenvalue weighted by Crippen LogP contribution is -2.51. The zero-order chi connectivity index (χ0) is 17.3. The quantitative estimate of drug-likeness (QED) is 0.921. The van der Waals surface area contributed by atoms with Crippen molar-refractivity contribution in [2.24, 2.45) is 5.92 Å². The van der Waals surface area contributed by atoms with Crippen LogP contribution in [0, 0.1) is 19.8 Å². The Kier molecular flexibility index (Phi) is 4.88. The second kappa shape index (κ2) is 6.76. The van der Waals surface area contributed by atoms with Crippen molar-refractivity contribution >= 4 is 6.03 Å². The highest BCUT2D eigenvalue weighted by atomic mass is 16.7. The summed E-state index contributed by atoms with van der Waals surface area (Å²) in [7, 11) is 0. The van der Waals surface area contributed by atoms with Crippen molar-refractivity contribution in [2.45, 2.75) is 52.4 Å². The van der Waals surface area contributed by atoms with E-state index in [4.69, 9.17) is 13.9 Å². The fourth-order valence-electron chi connectivity index (χ4n) is 3.79. The highest BCUT2D eigenvalue weighted by molar-refractivity contribution is 5.74. The molecular weight excluding hydrogens is 308 g/mol. The number of piperidine rings is 1. The van der Waals surface area contributed by atoms with E-state index in [-0.39, 0.29) is 18.0 Å². The molecule has 1 aromatic heterocycles. The maximum absolute atomic E-state index is 12.7. The van der Waals surface area contributed by atoms with Gasteiger partial charge in [-0.25, -0.2) is 4.79 Å². The van der Waals surface area contributed by atoms with Crippen LogP contribution in [0.4, 0.5) is 4.79 Å². The highest BCUT2D eigenvalue weighted by Gasteiger charge is 2.42. The number of carbonyl (C=O) groups excluding carboxylic acids is 1. The van der Waals surface area contributed by atoms with Crippen molar-refractivity contribution in [1.82, 2.24) is 10.2 Å². The SMILES string of the molecule is Cc1cc([C@H](C)NC(=O)N2CCC[C@@H](C3(C)OCCO3)C2)c(C)o1. The average Bonchev–Trinajstić information content (AvgIpc) is 3.14. The predicted molar refractivity (Wildman–Crippen MR) is 89.7 cm³/mol. The number of furan rings is 1. The number of nitrogens with zero attached hydrogens (tertiary/aromatic N) is 1. The first kappa shape index (κ1) is 17.3. The molecule has 0 saturated carbocycles. The van der Waals surface area contributed by atoms with E-state index in [9.17, 15) is 4.79 Å². The minimum absolute atomic E-state index is 0.0351. The molecule has 2 saturated heterocycles. The molecule has 6 nitrogen and oxygen atoms in total. The standard InChI is InChI=1S/C18H28N2O4/c1-12-10-16(14(3)24-12)13(2)19-17(21)20-7-5-6-15(11-20)18(4)22-8-9-23-18/h10,13,15H,5-9,11H2,1-4H3,(H,19,21)/t13-,15+/m0/s1. The fourth-order valence-corrected chi connectivity index (χ4v) is 3.79. The summed E-state index contributed by atoms with van der Waals surface area (Å²) in [5.74, 6) is 1.39. The number of amides is 2. The van der Waals surface area contributed by atoms with Gasteiger partial charge < -0.3 is 24.1 Å². The summed E-state index contributed by atoms with van der Waals surface area (Å²) in [6.45, 7) is 10.5. The van der Waals surface area contributed by atoms with Crippen LogP contribution >= 0.6 is 0 Å². The molecule has 24 heavy (non-hydrogen) atoms.